The van der Waals surface area contributed by atoms with Gasteiger partial charge in [0.15, 0.2) is 0 Å². The van der Waals surface area contributed by atoms with Crippen molar-refractivity contribution in [3.8, 4) is 0 Å². The van der Waals surface area contributed by atoms with Crippen molar-refractivity contribution in [2.24, 2.45) is 0 Å². The van der Waals surface area contributed by atoms with E-state index in [1.54, 1.807) is 6.07 Å². The molecule has 2 aromatic carbocycles. The summed E-state index contributed by atoms with van der Waals surface area (Å²) in [5.41, 5.74) is 2.17. The molecule has 0 unspecified atom stereocenters. The lowest BCUT2D eigenvalue weighted by atomic mass is 10.1. The molecular formula is C14H11BrClF2N. The first-order valence-corrected chi connectivity index (χ1v) is 6.78. The predicted molar refractivity (Wildman–Crippen MR) is 77.6 cm³/mol. The molecule has 0 aromatic heterocycles. The van der Waals surface area contributed by atoms with Gasteiger partial charge in [-0.05, 0) is 64.3 Å². The molecule has 0 saturated heterocycles. The number of nitrogens with one attached hydrogen (secondary N) is 1. The zero-order valence-electron chi connectivity index (χ0n) is 10.1. The van der Waals surface area contributed by atoms with E-state index >= 15 is 0 Å². The van der Waals surface area contributed by atoms with Gasteiger partial charge in [-0.25, -0.2) is 8.78 Å². The van der Waals surface area contributed by atoms with E-state index in [4.69, 9.17) is 11.6 Å². The van der Waals surface area contributed by atoms with Crippen LogP contribution in [-0.2, 0) is 6.54 Å². The summed E-state index contributed by atoms with van der Waals surface area (Å²) in [5, 5.41) is 3.53. The second-order valence-corrected chi connectivity index (χ2v) is 5.43. The zero-order valence-corrected chi connectivity index (χ0v) is 12.4. The van der Waals surface area contributed by atoms with Crippen molar-refractivity contribution in [1.82, 2.24) is 0 Å². The first kappa shape index (κ1) is 14.3. The monoisotopic (exact) mass is 345 g/mol. The molecule has 100 valence electrons. The van der Waals surface area contributed by atoms with Crippen molar-refractivity contribution in [1.29, 1.82) is 0 Å². The van der Waals surface area contributed by atoms with Crippen molar-refractivity contribution >= 4 is 33.2 Å². The molecular weight excluding hydrogens is 336 g/mol. The van der Waals surface area contributed by atoms with E-state index in [1.807, 2.05) is 6.92 Å². The first-order valence-electron chi connectivity index (χ1n) is 5.61. The number of rotatable bonds is 3. The van der Waals surface area contributed by atoms with Crippen molar-refractivity contribution in [3.63, 3.8) is 0 Å². The van der Waals surface area contributed by atoms with Crippen molar-refractivity contribution < 1.29 is 8.78 Å². The van der Waals surface area contributed by atoms with E-state index in [-0.39, 0.29) is 11.6 Å². The van der Waals surface area contributed by atoms with E-state index in [0.717, 1.165) is 5.56 Å². The minimum Gasteiger partial charge on any atom is -0.381 e. The topological polar surface area (TPSA) is 12.0 Å². The molecule has 0 fully saturated rings. The molecule has 1 N–H and O–H groups in total. The second kappa shape index (κ2) is 5.88. The van der Waals surface area contributed by atoms with Crippen LogP contribution in [0.25, 0.3) is 0 Å². The van der Waals surface area contributed by atoms with Gasteiger partial charge in [0.05, 0.1) is 4.47 Å². The molecule has 0 saturated carbocycles. The average Bonchev–Trinajstić information content (AvgIpc) is 2.36. The summed E-state index contributed by atoms with van der Waals surface area (Å²) in [4.78, 5) is 0. The molecule has 0 aliphatic heterocycles. The molecule has 0 aliphatic carbocycles. The molecule has 0 amide bonds. The van der Waals surface area contributed by atoms with E-state index in [0.29, 0.717) is 27.3 Å². The molecule has 0 radical (unpaired) electrons. The minimum atomic E-state index is -0.349. The Bertz CT molecular complexity index is 617. The molecule has 0 heterocycles. The number of aryl methyl sites for hydroxylation is 1. The Kier molecular flexibility index (Phi) is 4.42. The summed E-state index contributed by atoms with van der Waals surface area (Å²) in [6.45, 7) is 2.19. The van der Waals surface area contributed by atoms with Gasteiger partial charge in [-0.3, -0.25) is 0 Å². The van der Waals surface area contributed by atoms with Crippen LogP contribution in [0.2, 0.25) is 5.02 Å². The number of benzene rings is 2. The van der Waals surface area contributed by atoms with Crippen LogP contribution in [0, 0.1) is 18.6 Å². The van der Waals surface area contributed by atoms with Gasteiger partial charge in [-0.2, -0.15) is 0 Å². The Balaban J connectivity index is 2.19. The molecule has 0 bridgehead atoms. The van der Waals surface area contributed by atoms with Gasteiger partial charge in [-0.1, -0.05) is 11.6 Å². The summed E-state index contributed by atoms with van der Waals surface area (Å²) >= 11 is 9.09. The van der Waals surface area contributed by atoms with Crippen LogP contribution in [0.15, 0.2) is 34.8 Å². The third-order valence-electron chi connectivity index (χ3n) is 2.74. The standard InChI is InChI=1S/C14H11BrClF2N/c1-8-4-11(15)13(18)6-14(8)19-7-9-5-10(17)2-3-12(9)16/h2-6,19H,7H2,1H3. The minimum absolute atomic E-state index is 0.332. The SMILES string of the molecule is Cc1cc(Br)c(F)cc1NCc1cc(F)ccc1Cl. The summed E-state index contributed by atoms with van der Waals surface area (Å²) in [6.07, 6.45) is 0. The van der Waals surface area contributed by atoms with E-state index in [1.165, 1.54) is 24.3 Å². The number of anilines is 1. The number of hydrogen-bond donors (Lipinski definition) is 1. The van der Waals surface area contributed by atoms with Crippen molar-refractivity contribution in [3.05, 3.63) is 62.6 Å². The van der Waals surface area contributed by atoms with Crippen LogP contribution < -0.4 is 5.32 Å². The Labute approximate surface area is 123 Å². The normalized spacial score (nSPS) is 10.6. The maximum atomic E-state index is 13.5. The van der Waals surface area contributed by atoms with Crippen molar-refractivity contribution in [2.45, 2.75) is 13.5 Å². The van der Waals surface area contributed by atoms with Crippen LogP contribution in [0.3, 0.4) is 0 Å². The third kappa shape index (κ3) is 3.45. The Hall–Kier alpha value is -1.13. The Morgan fingerprint density at radius 1 is 1.21 bits per heavy atom. The van der Waals surface area contributed by atoms with E-state index in [2.05, 4.69) is 21.2 Å². The molecule has 5 heteroatoms. The molecule has 2 rings (SSSR count). The molecule has 0 aliphatic rings. The fraction of sp³-hybridized carbons (Fsp3) is 0.143. The highest BCUT2D eigenvalue weighted by atomic mass is 79.9. The number of halogens is 4. The second-order valence-electron chi connectivity index (χ2n) is 4.17. The average molecular weight is 347 g/mol. The lowest BCUT2D eigenvalue weighted by Crippen LogP contribution is -2.03. The lowest BCUT2D eigenvalue weighted by molar-refractivity contribution is 0.620. The highest BCUT2D eigenvalue weighted by Crippen LogP contribution is 2.25. The molecule has 0 atom stereocenters. The first-order chi connectivity index (χ1) is 8.97. The summed E-state index contributed by atoms with van der Waals surface area (Å²) < 4.78 is 27.0. The fourth-order valence-corrected chi connectivity index (χ4v) is 2.35. The highest BCUT2D eigenvalue weighted by Gasteiger charge is 2.07. The molecule has 1 nitrogen and oxygen atoms in total. The van der Waals surface area contributed by atoms with Gasteiger partial charge in [0.1, 0.15) is 11.6 Å². The maximum absolute atomic E-state index is 13.5. The zero-order chi connectivity index (χ0) is 14.0. The molecule has 19 heavy (non-hydrogen) atoms. The van der Waals surface area contributed by atoms with Gasteiger partial charge in [0.25, 0.3) is 0 Å². The quantitative estimate of drug-likeness (QED) is 0.795. The van der Waals surface area contributed by atoms with Gasteiger partial charge in [0, 0.05) is 17.3 Å². The van der Waals surface area contributed by atoms with Gasteiger partial charge < -0.3 is 5.32 Å². The van der Waals surface area contributed by atoms with Crippen molar-refractivity contribution in [2.75, 3.05) is 5.32 Å². The third-order valence-corrected chi connectivity index (χ3v) is 3.72. The largest absolute Gasteiger partial charge is 0.381 e. The fourth-order valence-electron chi connectivity index (χ4n) is 1.71. The van der Waals surface area contributed by atoms with Gasteiger partial charge in [-0.15, -0.1) is 0 Å². The highest BCUT2D eigenvalue weighted by molar-refractivity contribution is 9.10. The summed E-state index contributed by atoms with van der Waals surface area (Å²) in [7, 11) is 0. The van der Waals surface area contributed by atoms with E-state index in [9.17, 15) is 8.78 Å². The van der Waals surface area contributed by atoms with Crippen LogP contribution in [-0.4, -0.2) is 0 Å². The van der Waals surface area contributed by atoms with Crippen LogP contribution in [0.4, 0.5) is 14.5 Å². The van der Waals surface area contributed by atoms with Crippen LogP contribution >= 0.6 is 27.5 Å². The predicted octanol–water partition coefficient (Wildman–Crippen LogP) is 5.30. The van der Waals surface area contributed by atoms with Gasteiger partial charge >= 0.3 is 0 Å². The van der Waals surface area contributed by atoms with E-state index < -0.39 is 0 Å². The Morgan fingerprint density at radius 3 is 2.68 bits per heavy atom. The summed E-state index contributed by atoms with van der Waals surface area (Å²) in [6, 6.07) is 7.25. The summed E-state index contributed by atoms with van der Waals surface area (Å²) in [5.74, 6) is -0.696. The smallest absolute Gasteiger partial charge is 0.139 e. The van der Waals surface area contributed by atoms with Crippen LogP contribution in [0.5, 0.6) is 0 Å². The number of hydrogen-bond acceptors (Lipinski definition) is 1. The Morgan fingerprint density at radius 2 is 1.95 bits per heavy atom. The van der Waals surface area contributed by atoms with Crippen LogP contribution in [0.1, 0.15) is 11.1 Å². The lowest BCUT2D eigenvalue weighted by Gasteiger charge is -2.11. The molecule has 2 aromatic rings. The van der Waals surface area contributed by atoms with Gasteiger partial charge in [0.2, 0.25) is 0 Å². The molecule has 0 spiro atoms. The maximum Gasteiger partial charge on any atom is 0.139 e.